The molecular weight excluding hydrogens is 273 g/mol. The van der Waals surface area contributed by atoms with Gasteiger partial charge in [-0.2, -0.15) is 0 Å². The Morgan fingerprint density at radius 1 is 1.05 bits per heavy atom. The Kier molecular flexibility index (Phi) is 3.17. The van der Waals surface area contributed by atoms with E-state index in [0.717, 1.165) is 11.0 Å². The first-order chi connectivity index (χ1) is 10.1. The van der Waals surface area contributed by atoms with Crippen LogP contribution in [0.25, 0.3) is 0 Å². The maximum absolute atomic E-state index is 13.3. The highest BCUT2D eigenvalue weighted by atomic mass is 19.1. The molecule has 0 fully saturated rings. The van der Waals surface area contributed by atoms with Crippen LogP contribution >= 0.6 is 0 Å². The summed E-state index contributed by atoms with van der Waals surface area (Å²) in [5.74, 6) is -0.954. The van der Waals surface area contributed by atoms with Gasteiger partial charge in [-0.1, -0.05) is 6.07 Å². The highest BCUT2D eigenvalue weighted by Crippen LogP contribution is 2.30. The minimum Gasteiger partial charge on any atom is -0.494 e. The number of carbonyl (C=O) groups excluding carboxylic acids is 2. The van der Waals surface area contributed by atoms with Gasteiger partial charge in [0.15, 0.2) is 0 Å². The van der Waals surface area contributed by atoms with E-state index in [9.17, 15) is 14.0 Å². The summed E-state index contributed by atoms with van der Waals surface area (Å²) >= 11 is 0. The first-order valence-corrected chi connectivity index (χ1v) is 6.53. The molecule has 0 aromatic heterocycles. The summed E-state index contributed by atoms with van der Waals surface area (Å²) in [6.45, 7) is 2.33. The van der Waals surface area contributed by atoms with Gasteiger partial charge in [-0.05, 0) is 37.3 Å². The molecule has 0 unspecified atom stereocenters. The van der Waals surface area contributed by atoms with Crippen LogP contribution in [-0.4, -0.2) is 18.4 Å². The van der Waals surface area contributed by atoms with E-state index < -0.39 is 17.6 Å². The highest BCUT2D eigenvalue weighted by Gasteiger charge is 2.37. The van der Waals surface area contributed by atoms with Gasteiger partial charge in [-0.15, -0.1) is 0 Å². The number of benzene rings is 2. The van der Waals surface area contributed by atoms with Crippen molar-refractivity contribution in [2.24, 2.45) is 0 Å². The van der Waals surface area contributed by atoms with Crippen LogP contribution in [-0.2, 0) is 0 Å². The predicted molar refractivity (Wildman–Crippen MR) is 75.2 cm³/mol. The summed E-state index contributed by atoms with van der Waals surface area (Å²) in [5.41, 5.74) is 0.706. The van der Waals surface area contributed by atoms with E-state index in [1.807, 2.05) is 6.92 Å². The van der Waals surface area contributed by atoms with Gasteiger partial charge in [0, 0.05) is 6.07 Å². The molecule has 0 atom stereocenters. The predicted octanol–water partition coefficient (Wildman–Crippen LogP) is 3.03. The van der Waals surface area contributed by atoms with E-state index in [1.165, 1.54) is 12.1 Å². The van der Waals surface area contributed by atoms with E-state index in [1.54, 1.807) is 24.3 Å². The number of carbonyl (C=O) groups is 2. The Bertz CT molecular complexity index is 742. The zero-order valence-electron chi connectivity index (χ0n) is 11.3. The molecule has 0 saturated heterocycles. The Hall–Kier alpha value is -2.69. The van der Waals surface area contributed by atoms with E-state index in [0.29, 0.717) is 18.0 Å². The quantitative estimate of drug-likeness (QED) is 0.814. The first kappa shape index (κ1) is 13.3. The number of hydrogen-bond donors (Lipinski definition) is 0. The Morgan fingerprint density at radius 3 is 2.57 bits per heavy atom. The first-order valence-electron chi connectivity index (χ1n) is 6.53. The third-order valence-electron chi connectivity index (χ3n) is 3.24. The topological polar surface area (TPSA) is 46.6 Å². The summed E-state index contributed by atoms with van der Waals surface area (Å²) in [6.07, 6.45) is 0. The number of rotatable bonds is 3. The molecule has 0 radical (unpaired) electrons. The minimum atomic E-state index is -0.542. The van der Waals surface area contributed by atoms with Crippen LogP contribution in [0.15, 0.2) is 42.5 Å². The number of ether oxygens (including phenoxy) is 1. The molecule has 1 aliphatic rings. The molecule has 21 heavy (non-hydrogen) atoms. The van der Waals surface area contributed by atoms with E-state index in [4.69, 9.17) is 4.74 Å². The number of imide groups is 1. The van der Waals surface area contributed by atoms with Crippen molar-refractivity contribution < 1.29 is 18.7 Å². The molecule has 0 N–H and O–H groups in total. The van der Waals surface area contributed by atoms with Gasteiger partial charge in [0.1, 0.15) is 11.6 Å². The Labute approximate surface area is 120 Å². The molecule has 0 spiro atoms. The smallest absolute Gasteiger partial charge is 0.266 e. The molecular formula is C16H12FNO3. The van der Waals surface area contributed by atoms with E-state index in [2.05, 4.69) is 0 Å². The zero-order valence-corrected chi connectivity index (χ0v) is 11.3. The van der Waals surface area contributed by atoms with Gasteiger partial charge >= 0.3 is 0 Å². The van der Waals surface area contributed by atoms with Crippen LogP contribution in [0, 0.1) is 5.82 Å². The van der Waals surface area contributed by atoms with Gasteiger partial charge in [0.2, 0.25) is 0 Å². The second-order valence-electron chi connectivity index (χ2n) is 4.57. The molecule has 5 heteroatoms. The van der Waals surface area contributed by atoms with Crippen molar-refractivity contribution in [3.8, 4) is 5.75 Å². The molecule has 2 aromatic rings. The lowest BCUT2D eigenvalue weighted by Crippen LogP contribution is -2.29. The number of fused-ring (bicyclic) bond motifs is 1. The van der Waals surface area contributed by atoms with Crippen molar-refractivity contribution in [3.63, 3.8) is 0 Å². The second-order valence-corrected chi connectivity index (χ2v) is 4.57. The van der Waals surface area contributed by atoms with E-state index >= 15 is 0 Å². The third kappa shape index (κ3) is 2.16. The van der Waals surface area contributed by atoms with Crippen LogP contribution < -0.4 is 9.64 Å². The molecule has 2 amide bonds. The average molecular weight is 285 g/mol. The molecule has 1 aliphatic heterocycles. The average Bonchev–Trinajstić information content (AvgIpc) is 2.71. The monoisotopic (exact) mass is 285 g/mol. The number of amides is 2. The van der Waals surface area contributed by atoms with Gasteiger partial charge in [-0.25, -0.2) is 9.29 Å². The fourth-order valence-electron chi connectivity index (χ4n) is 2.33. The third-order valence-corrected chi connectivity index (χ3v) is 3.24. The van der Waals surface area contributed by atoms with Crippen molar-refractivity contribution >= 4 is 17.5 Å². The van der Waals surface area contributed by atoms with Crippen LogP contribution in [0.3, 0.4) is 0 Å². The molecule has 3 rings (SSSR count). The lowest BCUT2D eigenvalue weighted by Gasteiger charge is -2.15. The maximum atomic E-state index is 13.3. The Balaban J connectivity index is 2.03. The zero-order chi connectivity index (χ0) is 15.0. The van der Waals surface area contributed by atoms with Crippen LogP contribution in [0.1, 0.15) is 27.6 Å². The van der Waals surface area contributed by atoms with Crippen LogP contribution in [0.5, 0.6) is 5.75 Å². The molecule has 2 aromatic carbocycles. The van der Waals surface area contributed by atoms with Gasteiger partial charge < -0.3 is 4.74 Å². The summed E-state index contributed by atoms with van der Waals surface area (Å²) in [4.78, 5) is 25.7. The van der Waals surface area contributed by atoms with Crippen molar-refractivity contribution in [1.82, 2.24) is 0 Å². The fourth-order valence-corrected chi connectivity index (χ4v) is 2.33. The second kappa shape index (κ2) is 5.01. The Morgan fingerprint density at radius 2 is 1.81 bits per heavy atom. The number of nitrogens with zero attached hydrogens (tertiary/aromatic N) is 1. The summed E-state index contributed by atoms with van der Waals surface area (Å²) < 4.78 is 18.6. The molecule has 4 nitrogen and oxygen atoms in total. The summed E-state index contributed by atoms with van der Waals surface area (Å²) in [6, 6.07) is 10.3. The van der Waals surface area contributed by atoms with E-state index in [-0.39, 0.29) is 11.1 Å². The minimum absolute atomic E-state index is 0.0850. The van der Waals surface area contributed by atoms with Crippen LogP contribution in [0.4, 0.5) is 10.1 Å². The largest absolute Gasteiger partial charge is 0.494 e. The number of anilines is 1. The summed E-state index contributed by atoms with van der Waals surface area (Å²) in [5, 5.41) is 0. The SMILES string of the molecule is CCOc1cccc(N2C(=O)c3ccc(F)cc3C2=O)c1. The number of hydrogen-bond acceptors (Lipinski definition) is 3. The molecule has 0 bridgehead atoms. The summed E-state index contributed by atoms with van der Waals surface area (Å²) in [7, 11) is 0. The van der Waals surface area contributed by atoms with Gasteiger partial charge in [-0.3, -0.25) is 9.59 Å². The van der Waals surface area contributed by atoms with Gasteiger partial charge in [0.25, 0.3) is 11.8 Å². The molecule has 0 saturated carbocycles. The maximum Gasteiger partial charge on any atom is 0.266 e. The standard InChI is InChI=1S/C16H12FNO3/c1-2-21-12-5-3-4-11(9-12)18-15(19)13-7-6-10(17)8-14(13)16(18)20/h3-9H,2H2,1H3. The normalized spacial score (nSPS) is 13.5. The molecule has 0 aliphatic carbocycles. The fraction of sp³-hybridized carbons (Fsp3) is 0.125. The van der Waals surface area contributed by atoms with Crippen LogP contribution in [0.2, 0.25) is 0 Å². The van der Waals surface area contributed by atoms with Crippen molar-refractivity contribution in [2.75, 3.05) is 11.5 Å². The van der Waals surface area contributed by atoms with Crippen molar-refractivity contribution in [2.45, 2.75) is 6.92 Å². The van der Waals surface area contributed by atoms with Crippen molar-refractivity contribution in [3.05, 3.63) is 59.4 Å². The number of halogens is 1. The lowest BCUT2D eigenvalue weighted by molar-refractivity contribution is 0.0926. The van der Waals surface area contributed by atoms with Gasteiger partial charge in [0.05, 0.1) is 23.4 Å². The molecule has 1 heterocycles. The highest BCUT2D eigenvalue weighted by molar-refractivity contribution is 6.34. The van der Waals surface area contributed by atoms with Crippen molar-refractivity contribution in [1.29, 1.82) is 0 Å². The lowest BCUT2D eigenvalue weighted by atomic mass is 10.1. The molecule has 106 valence electrons.